The predicted molar refractivity (Wildman–Crippen MR) is 86.5 cm³/mol. The molecule has 1 spiro atoms. The van der Waals surface area contributed by atoms with Crippen LogP contribution in [-0.4, -0.2) is 37.8 Å². The van der Waals surface area contributed by atoms with E-state index in [1.54, 1.807) is 0 Å². The van der Waals surface area contributed by atoms with Gasteiger partial charge >= 0.3 is 0 Å². The van der Waals surface area contributed by atoms with Gasteiger partial charge < -0.3 is 15.4 Å². The second kappa shape index (κ2) is 6.39. The van der Waals surface area contributed by atoms with Gasteiger partial charge in [0.05, 0.1) is 6.10 Å². The van der Waals surface area contributed by atoms with E-state index in [0.717, 1.165) is 31.8 Å². The van der Waals surface area contributed by atoms with E-state index in [-0.39, 0.29) is 0 Å². The Bertz CT molecular complexity index is 404. The molecule has 3 aliphatic carbocycles. The number of hydrogen-bond acceptors (Lipinski definition) is 2. The highest BCUT2D eigenvalue weighted by atomic mass is 16.5. The zero-order valence-electron chi connectivity index (χ0n) is 13.4. The molecule has 0 radical (unpaired) electrons. The third kappa shape index (κ3) is 2.83. The van der Waals surface area contributed by atoms with Crippen LogP contribution in [0.3, 0.4) is 0 Å². The number of nitrogens with zero attached hydrogens (tertiary/aromatic N) is 1. The van der Waals surface area contributed by atoms with E-state index in [1.165, 1.54) is 25.7 Å². The molecule has 0 aromatic heterocycles. The Kier molecular flexibility index (Phi) is 4.53. The van der Waals surface area contributed by atoms with Crippen LogP contribution in [0, 0.1) is 5.41 Å². The molecule has 0 aromatic carbocycles. The third-order valence-electron chi connectivity index (χ3n) is 5.57. The van der Waals surface area contributed by atoms with Gasteiger partial charge in [0.2, 0.25) is 0 Å². The predicted octanol–water partition coefficient (Wildman–Crippen LogP) is 2.61. The van der Waals surface area contributed by atoms with Gasteiger partial charge in [-0.1, -0.05) is 25.0 Å². The maximum Gasteiger partial charge on any atom is 0.191 e. The Balaban J connectivity index is 1.58. The maximum absolute atomic E-state index is 5.98. The number of nitrogens with one attached hydrogen (secondary N) is 2. The van der Waals surface area contributed by atoms with Crippen LogP contribution < -0.4 is 10.6 Å². The first-order valence-corrected chi connectivity index (χ1v) is 8.55. The molecule has 2 atom stereocenters. The summed E-state index contributed by atoms with van der Waals surface area (Å²) in [7, 11) is 1.87. The lowest BCUT2D eigenvalue weighted by Gasteiger charge is -2.54. The fraction of sp³-hybridized carbons (Fsp3) is 0.824. The molecule has 0 aromatic rings. The lowest BCUT2D eigenvalue weighted by molar-refractivity contribution is -0.125. The van der Waals surface area contributed by atoms with Crippen LogP contribution in [0.5, 0.6) is 0 Å². The van der Waals surface area contributed by atoms with Crippen molar-refractivity contribution in [2.45, 2.75) is 70.1 Å². The van der Waals surface area contributed by atoms with Crippen molar-refractivity contribution in [3.05, 3.63) is 12.2 Å². The first kappa shape index (κ1) is 14.9. The summed E-state index contributed by atoms with van der Waals surface area (Å²) in [4.78, 5) is 4.42. The molecular weight excluding hydrogens is 262 g/mol. The van der Waals surface area contributed by atoms with E-state index in [0.29, 0.717) is 23.6 Å². The molecule has 0 heterocycles. The normalized spacial score (nSPS) is 31.6. The van der Waals surface area contributed by atoms with Crippen LogP contribution in [-0.2, 0) is 4.74 Å². The van der Waals surface area contributed by atoms with Crippen molar-refractivity contribution in [3.8, 4) is 0 Å². The van der Waals surface area contributed by atoms with Crippen molar-refractivity contribution < 1.29 is 4.74 Å². The molecule has 2 unspecified atom stereocenters. The molecule has 21 heavy (non-hydrogen) atoms. The van der Waals surface area contributed by atoms with Crippen LogP contribution in [0.2, 0.25) is 0 Å². The van der Waals surface area contributed by atoms with Crippen molar-refractivity contribution in [2.75, 3.05) is 13.7 Å². The molecule has 118 valence electrons. The van der Waals surface area contributed by atoms with Gasteiger partial charge in [-0.25, -0.2) is 0 Å². The standard InChI is InChI=1S/C17H29N3O/c1-3-21-15-12-14(17(15)10-6-7-11-17)20-16(18-2)19-13-8-4-5-9-13/h4-5,13-15H,3,6-12H2,1-2H3,(H2,18,19,20). The summed E-state index contributed by atoms with van der Waals surface area (Å²) in [6.45, 7) is 2.94. The Hall–Kier alpha value is -1.03. The average Bonchev–Trinajstić information content (AvgIpc) is 3.17. The topological polar surface area (TPSA) is 45.6 Å². The molecular formula is C17H29N3O. The highest BCUT2D eigenvalue weighted by Crippen LogP contribution is 2.54. The van der Waals surface area contributed by atoms with Gasteiger partial charge in [0, 0.05) is 31.2 Å². The molecule has 4 nitrogen and oxygen atoms in total. The molecule has 2 N–H and O–H groups in total. The summed E-state index contributed by atoms with van der Waals surface area (Å²) in [5.74, 6) is 0.968. The van der Waals surface area contributed by atoms with Gasteiger partial charge in [0.15, 0.2) is 5.96 Å². The number of ether oxygens (including phenoxy) is 1. The molecule has 4 heteroatoms. The molecule has 3 aliphatic rings. The zero-order valence-corrected chi connectivity index (χ0v) is 13.4. The van der Waals surface area contributed by atoms with Gasteiger partial charge in [0.1, 0.15) is 0 Å². The molecule has 0 saturated heterocycles. The smallest absolute Gasteiger partial charge is 0.191 e. The molecule has 0 amide bonds. The van der Waals surface area contributed by atoms with Crippen molar-refractivity contribution in [1.82, 2.24) is 10.6 Å². The third-order valence-corrected chi connectivity index (χ3v) is 5.57. The van der Waals surface area contributed by atoms with Gasteiger partial charge in [-0.2, -0.15) is 0 Å². The van der Waals surface area contributed by atoms with Gasteiger partial charge in [-0.05, 0) is 39.0 Å². The van der Waals surface area contributed by atoms with E-state index in [9.17, 15) is 0 Å². The zero-order chi connectivity index (χ0) is 14.7. The Morgan fingerprint density at radius 1 is 1.24 bits per heavy atom. The van der Waals surface area contributed by atoms with Crippen LogP contribution >= 0.6 is 0 Å². The fourth-order valence-electron chi connectivity index (χ4n) is 4.35. The van der Waals surface area contributed by atoms with E-state index >= 15 is 0 Å². The van der Waals surface area contributed by atoms with Crippen LogP contribution in [0.15, 0.2) is 17.1 Å². The Morgan fingerprint density at radius 2 is 1.95 bits per heavy atom. The fourth-order valence-corrected chi connectivity index (χ4v) is 4.35. The molecule has 2 fully saturated rings. The van der Waals surface area contributed by atoms with Crippen LogP contribution in [0.1, 0.15) is 51.9 Å². The summed E-state index contributed by atoms with van der Waals surface area (Å²) >= 11 is 0. The Labute approximate surface area is 128 Å². The lowest BCUT2D eigenvalue weighted by Crippen LogP contribution is -2.65. The van der Waals surface area contributed by atoms with Crippen molar-refractivity contribution in [1.29, 1.82) is 0 Å². The van der Waals surface area contributed by atoms with Gasteiger partial charge in [-0.15, -0.1) is 0 Å². The second-order valence-electron chi connectivity index (χ2n) is 6.67. The average molecular weight is 291 g/mol. The minimum atomic E-state index is 0.363. The first-order chi connectivity index (χ1) is 10.3. The Morgan fingerprint density at radius 3 is 2.57 bits per heavy atom. The van der Waals surface area contributed by atoms with E-state index in [1.807, 2.05) is 7.05 Å². The highest BCUT2D eigenvalue weighted by Gasteiger charge is 2.56. The minimum Gasteiger partial charge on any atom is -0.378 e. The molecule has 3 rings (SSSR count). The van der Waals surface area contributed by atoms with Gasteiger partial charge in [-0.3, -0.25) is 4.99 Å². The summed E-state index contributed by atoms with van der Waals surface area (Å²) in [5, 5.41) is 7.24. The maximum atomic E-state index is 5.98. The largest absolute Gasteiger partial charge is 0.378 e. The monoisotopic (exact) mass is 291 g/mol. The summed E-state index contributed by atoms with van der Waals surface area (Å²) in [5.41, 5.74) is 0.363. The minimum absolute atomic E-state index is 0.363. The summed E-state index contributed by atoms with van der Waals surface area (Å²) in [6.07, 6.45) is 13.6. The number of hydrogen-bond donors (Lipinski definition) is 2. The van der Waals surface area contributed by atoms with Crippen molar-refractivity contribution in [2.24, 2.45) is 10.4 Å². The number of aliphatic imine (C=N–C) groups is 1. The van der Waals surface area contributed by atoms with Crippen molar-refractivity contribution in [3.63, 3.8) is 0 Å². The first-order valence-electron chi connectivity index (χ1n) is 8.55. The number of guanidine groups is 1. The van der Waals surface area contributed by atoms with E-state index in [2.05, 4.69) is 34.7 Å². The molecule has 0 aliphatic heterocycles. The molecule has 0 bridgehead atoms. The lowest BCUT2D eigenvalue weighted by atomic mass is 9.60. The SMILES string of the molecule is CCOC1CC(NC(=NC)NC2CC=CC2)C12CCCC2. The summed E-state index contributed by atoms with van der Waals surface area (Å²) < 4.78 is 5.98. The summed E-state index contributed by atoms with van der Waals surface area (Å²) in [6, 6.07) is 1.04. The number of rotatable bonds is 4. The van der Waals surface area contributed by atoms with E-state index < -0.39 is 0 Å². The van der Waals surface area contributed by atoms with Crippen LogP contribution in [0.4, 0.5) is 0 Å². The van der Waals surface area contributed by atoms with E-state index in [4.69, 9.17) is 4.74 Å². The van der Waals surface area contributed by atoms with Crippen molar-refractivity contribution >= 4 is 5.96 Å². The molecule has 2 saturated carbocycles. The highest BCUT2D eigenvalue weighted by molar-refractivity contribution is 5.80. The quantitative estimate of drug-likeness (QED) is 0.475. The van der Waals surface area contributed by atoms with Crippen LogP contribution in [0.25, 0.3) is 0 Å². The second-order valence-corrected chi connectivity index (χ2v) is 6.67. The van der Waals surface area contributed by atoms with Gasteiger partial charge in [0.25, 0.3) is 0 Å².